The minimum atomic E-state index is -1.94. The maximum absolute atomic E-state index is 15.4. The van der Waals surface area contributed by atoms with Gasteiger partial charge in [0.15, 0.2) is 5.60 Å². The van der Waals surface area contributed by atoms with Gasteiger partial charge in [0.05, 0.1) is 0 Å². The fourth-order valence-corrected chi connectivity index (χ4v) is 4.38. The molecule has 1 saturated heterocycles. The van der Waals surface area contributed by atoms with E-state index < -0.39 is 29.8 Å². The molecule has 2 aromatic rings. The first kappa shape index (κ1) is 17.5. The lowest BCUT2D eigenvalue weighted by Crippen LogP contribution is -2.54. The second kappa shape index (κ2) is 6.37. The van der Waals surface area contributed by atoms with Crippen LogP contribution in [-0.2, 0) is 28.0 Å². The van der Waals surface area contributed by atoms with E-state index in [0.29, 0.717) is 0 Å². The van der Waals surface area contributed by atoms with Crippen LogP contribution in [0.4, 0.5) is 9.18 Å². The SMILES string of the molecule is CNC(=O)[C@@H](F)[C@@H]1N(C)C(=O)OC12c1ccccc1CCc1ccccc12. The van der Waals surface area contributed by atoms with Crippen molar-refractivity contribution >= 4 is 12.0 Å². The summed E-state index contributed by atoms with van der Waals surface area (Å²) in [6.45, 7) is 0. The summed E-state index contributed by atoms with van der Waals surface area (Å²) in [5, 5.41) is 2.36. The first-order valence-electron chi connectivity index (χ1n) is 8.99. The van der Waals surface area contributed by atoms with E-state index in [1.165, 1.54) is 19.0 Å². The Morgan fingerprint density at radius 1 is 1.15 bits per heavy atom. The van der Waals surface area contributed by atoms with Crippen molar-refractivity contribution in [2.24, 2.45) is 0 Å². The highest BCUT2D eigenvalue weighted by Crippen LogP contribution is 2.49. The summed E-state index contributed by atoms with van der Waals surface area (Å²) in [6.07, 6.45) is -1.08. The van der Waals surface area contributed by atoms with Gasteiger partial charge >= 0.3 is 6.09 Å². The second-order valence-corrected chi connectivity index (χ2v) is 6.99. The summed E-state index contributed by atoms with van der Waals surface area (Å²) in [7, 11) is 2.86. The van der Waals surface area contributed by atoms with Gasteiger partial charge in [0.1, 0.15) is 6.04 Å². The Bertz CT molecular complexity index is 866. The van der Waals surface area contributed by atoms with Crippen molar-refractivity contribution in [2.45, 2.75) is 30.7 Å². The highest BCUT2D eigenvalue weighted by molar-refractivity contribution is 5.84. The number of alkyl halides is 1. The molecule has 2 aliphatic rings. The van der Waals surface area contributed by atoms with Crippen LogP contribution < -0.4 is 5.32 Å². The Morgan fingerprint density at radius 3 is 2.19 bits per heavy atom. The van der Waals surface area contributed by atoms with Crippen molar-refractivity contribution < 1.29 is 18.7 Å². The molecule has 2 aromatic carbocycles. The van der Waals surface area contributed by atoms with E-state index in [1.54, 1.807) is 0 Å². The lowest BCUT2D eigenvalue weighted by atomic mass is 9.76. The van der Waals surface area contributed by atoms with E-state index in [-0.39, 0.29) is 0 Å². The fraction of sp³-hybridized carbons (Fsp3) is 0.333. The minimum absolute atomic E-state index is 0.641. The van der Waals surface area contributed by atoms with Gasteiger partial charge in [-0.2, -0.15) is 0 Å². The van der Waals surface area contributed by atoms with Crippen molar-refractivity contribution in [2.75, 3.05) is 14.1 Å². The molecule has 1 heterocycles. The fourth-order valence-electron chi connectivity index (χ4n) is 4.38. The number of nitrogens with one attached hydrogen (secondary N) is 1. The molecule has 0 bridgehead atoms. The molecule has 1 spiro atoms. The molecule has 0 saturated carbocycles. The normalized spacial score (nSPS) is 21.1. The van der Waals surface area contributed by atoms with E-state index in [1.807, 2.05) is 48.5 Å². The summed E-state index contributed by atoms with van der Waals surface area (Å²) in [4.78, 5) is 26.0. The molecule has 5 nitrogen and oxygen atoms in total. The van der Waals surface area contributed by atoms with Crippen LogP contribution >= 0.6 is 0 Å². The summed E-state index contributed by atoms with van der Waals surface area (Å²) < 4.78 is 21.3. The van der Waals surface area contributed by atoms with Gasteiger partial charge in [0, 0.05) is 25.2 Å². The number of benzene rings is 2. The molecule has 1 aliphatic carbocycles. The Hall–Kier alpha value is -2.89. The van der Waals surface area contributed by atoms with E-state index in [9.17, 15) is 9.59 Å². The average Bonchev–Trinajstić information content (AvgIpc) is 2.88. The van der Waals surface area contributed by atoms with Gasteiger partial charge in [-0.3, -0.25) is 9.69 Å². The molecular weight excluding hydrogens is 347 g/mol. The topological polar surface area (TPSA) is 58.6 Å². The smallest absolute Gasteiger partial charge is 0.411 e. The molecule has 4 rings (SSSR count). The monoisotopic (exact) mass is 368 g/mol. The van der Waals surface area contributed by atoms with Crippen LogP contribution in [0.15, 0.2) is 48.5 Å². The highest BCUT2D eigenvalue weighted by Gasteiger charge is 2.61. The number of amides is 2. The minimum Gasteiger partial charge on any atom is -0.431 e. The number of nitrogens with zero attached hydrogens (tertiary/aromatic N) is 1. The number of halogens is 1. The van der Waals surface area contributed by atoms with Crippen molar-refractivity contribution in [3.63, 3.8) is 0 Å². The number of hydrogen-bond donors (Lipinski definition) is 1. The molecule has 0 aromatic heterocycles. The Morgan fingerprint density at radius 2 is 1.67 bits per heavy atom. The first-order valence-corrected chi connectivity index (χ1v) is 8.99. The van der Waals surface area contributed by atoms with E-state index in [0.717, 1.165) is 35.1 Å². The van der Waals surface area contributed by atoms with Crippen LogP contribution in [0.3, 0.4) is 0 Å². The van der Waals surface area contributed by atoms with Gasteiger partial charge in [-0.15, -0.1) is 0 Å². The zero-order chi connectivity index (χ0) is 19.2. The molecule has 6 heteroatoms. The van der Waals surface area contributed by atoms with Gasteiger partial charge in [-0.1, -0.05) is 48.5 Å². The van der Waals surface area contributed by atoms with Gasteiger partial charge in [0.2, 0.25) is 6.17 Å². The number of hydrogen-bond acceptors (Lipinski definition) is 3. The summed E-state index contributed by atoms with van der Waals surface area (Å²) in [5.74, 6) is -0.774. The molecule has 1 aliphatic heterocycles. The van der Waals surface area contributed by atoms with Gasteiger partial charge < -0.3 is 10.1 Å². The second-order valence-electron chi connectivity index (χ2n) is 6.99. The summed E-state index contributed by atoms with van der Waals surface area (Å²) in [5.41, 5.74) is 2.09. The Balaban J connectivity index is 2.04. The van der Waals surface area contributed by atoms with Crippen LogP contribution in [0.25, 0.3) is 0 Å². The van der Waals surface area contributed by atoms with Gasteiger partial charge in [-0.05, 0) is 24.0 Å². The number of carbonyl (C=O) groups is 2. The molecule has 2 amide bonds. The van der Waals surface area contributed by atoms with Crippen LogP contribution in [-0.4, -0.2) is 43.2 Å². The number of rotatable bonds is 2. The number of ether oxygens (including phenoxy) is 1. The first-order chi connectivity index (χ1) is 13.0. The number of fused-ring (bicyclic) bond motifs is 4. The van der Waals surface area contributed by atoms with Crippen molar-refractivity contribution in [3.8, 4) is 0 Å². The predicted molar refractivity (Wildman–Crippen MR) is 98.1 cm³/mol. The Kier molecular flexibility index (Phi) is 4.13. The van der Waals surface area contributed by atoms with E-state index >= 15 is 4.39 Å². The molecule has 1 fully saturated rings. The molecule has 2 atom stereocenters. The highest BCUT2D eigenvalue weighted by atomic mass is 19.1. The third-order valence-corrected chi connectivity index (χ3v) is 5.64. The summed E-state index contributed by atoms with van der Waals surface area (Å²) in [6, 6.07) is 14.1. The lowest BCUT2D eigenvalue weighted by Gasteiger charge is -2.37. The lowest BCUT2D eigenvalue weighted by molar-refractivity contribution is -0.128. The standard InChI is InChI=1S/C21H21FN2O3/c1-23-19(25)17(22)18-21(27-20(26)24(18)2)15-9-5-3-7-13(15)11-12-14-8-4-6-10-16(14)21/h3-10,17-18H,11-12H2,1-2H3,(H,23,25)/t17-,18-/m0/s1. The van der Waals surface area contributed by atoms with Crippen LogP contribution in [0.2, 0.25) is 0 Å². The molecule has 0 unspecified atom stereocenters. The molecule has 27 heavy (non-hydrogen) atoms. The Labute approximate surface area is 157 Å². The van der Waals surface area contributed by atoms with Crippen molar-refractivity contribution in [3.05, 3.63) is 70.8 Å². The van der Waals surface area contributed by atoms with E-state index in [4.69, 9.17) is 4.74 Å². The molecular formula is C21H21FN2O3. The van der Waals surface area contributed by atoms with E-state index in [2.05, 4.69) is 5.32 Å². The van der Waals surface area contributed by atoms with Crippen LogP contribution in [0, 0.1) is 0 Å². The van der Waals surface area contributed by atoms with Crippen molar-refractivity contribution in [1.82, 2.24) is 10.2 Å². The molecule has 0 radical (unpaired) electrons. The largest absolute Gasteiger partial charge is 0.431 e. The molecule has 140 valence electrons. The zero-order valence-corrected chi connectivity index (χ0v) is 15.2. The number of likely N-dealkylation sites (N-methyl/N-ethyl adjacent to an activating group) is 1. The van der Waals surface area contributed by atoms with Crippen LogP contribution in [0.1, 0.15) is 22.3 Å². The van der Waals surface area contributed by atoms with Crippen molar-refractivity contribution in [1.29, 1.82) is 0 Å². The maximum atomic E-state index is 15.4. The molecule has 1 N–H and O–H groups in total. The zero-order valence-electron chi connectivity index (χ0n) is 15.2. The maximum Gasteiger partial charge on any atom is 0.411 e. The third kappa shape index (κ3) is 2.43. The number of aryl methyl sites for hydroxylation is 2. The van der Waals surface area contributed by atoms with Gasteiger partial charge in [-0.25, -0.2) is 9.18 Å². The van der Waals surface area contributed by atoms with Gasteiger partial charge in [0.25, 0.3) is 5.91 Å². The quantitative estimate of drug-likeness (QED) is 0.886. The number of carbonyl (C=O) groups excluding carboxylic acids is 2. The average molecular weight is 368 g/mol. The third-order valence-electron chi connectivity index (χ3n) is 5.64. The predicted octanol–water partition coefficient (Wildman–Crippen LogP) is 2.56. The summed E-state index contributed by atoms with van der Waals surface area (Å²) >= 11 is 0. The van der Waals surface area contributed by atoms with Crippen LogP contribution in [0.5, 0.6) is 0 Å².